The van der Waals surface area contributed by atoms with Gasteiger partial charge in [-0.25, -0.2) is 9.98 Å². The van der Waals surface area contributed by atoms with E-state index in [4.69, 9.17) is 0 Å². The molecule has 2 aromatic heterocycles. The van der Waals surface area contributed by atoms with Gasteiger partial charge < -0.3 is 20.6 Å². The van der Waals surface area contributed by atoms with Crippen LogP contribution < -0.4 is 10.6 Å². The lowest BCUT2D eigenvalue weighted by Crippen LogP contribution is -2.41. The van der Waals surface area contributed by atoms with Crippen LogP contribution in [-0.2, 0) is 6.54 Å². The van der Waals surface area contributed by atoms with Crippen LogP contribution in [0.1, 0.15) is 42.6 Å². The Morgan fingerprint density at radius 3 is 3.00 bits per heavy atom. The lowest BCUT2D eigenvalue weighted by Gasteiger charge is -2.38. The largest absolute Gasteiger partial charge is 0.393 e. The Labute approximate surface area is 203 Å². The third kappa shape index (κ3) is 4.30. The number of anilines is 1. The van der Waals surface area contributed by atoms with Gasteiger partial charge in [-0.2, -0.15) is 0 Å². The molecule has 1 amide bonds. The highest BCUT2D eigenvalue weighted by molar-refractivity contribution is 6.05. The van der Waals surface area contributed by atoms with Crippen LogP contribution in [0.4, 0.5) is 5.69 Å². The number of allylic oxidation sites excluding steroid dienone is 3. The van der Waals surface area contributed by atoms with Gasteiger partial charge in [-0.3, -0.25) is 14.2 Å². The number of benzene rings is 1. The van der Waals surface area contributed by atoms with E-state index >= 15 is 0 Å². The maximum atomic E-state index is 12.8. The molecule has 0 saturated carbocycles. The van der Waals surface area contributed by atoms with Crippen LogP contribution in [0.3, 0.4) is 0 Å². The van der Waals surface area contributed by atoms with Crippen molar-refractivity contribution in [3.8, 4) is 11.3 Å². The number of amides is 1. The van der Waals surface area contributed by atoms with Gasteiger partial charge in [0.05, 0.1) is 35.4 Å². The van der Waals surface area contributed by atoms with Gasteiger partial charge in [-0.05, 0) is 57.2 Å². The first kappa shape index (κ1) is 22.8. The summed E-state index contributed by atoms with van der Waals surface area (Å²) >= 11 is 0. The van der Waals surface area contributed by atoms with Gasteiger partial charge in [0.25, 0.3) is 5.91 Å². The minimum absolute atomic E-state index is 0.129. The smallest absolute Gasteiger partial charge is 0.254 e. The van der Waals surface area contributed by atoms with Crippen LogP contribution in [0, 0.1) is 0 Å². The Morgan fingerprint density at radius 1 is 1.34 bits per heavy atom. The van der Waals surface area contributed by atoms with Crippen LogP contribution in [0.15, 0.2) is 65.6 Å². The number of imidazole rings is 1. The number of aliphatic hydroxyl groups is 1. The molecule has 3 N–H and O–H groups in total. The molecule has 2 aliphatic heterocycles. The Kier molecular flexibility index (Phi) is 6.08. The first-order chi connectivity index (χ1) is 17.0. The number of piperidine rings is 1. The Morgan fingerprint density at radius 2 is 2.20 bits per heavy atom. The fourth-order valence-corrected chi connectivity index (χ4v) is 4.97. The number of aliphatic hydroxyl groups excluding tert-OH is 1. The first-order valence-electron chi connectivity index (χ1n) is 11.7. The molecule has 35 heavy (non-hydrogen) atoms. The molecule has 5 rings (SSSR count). The number of aromatic nitrogens is 3. The van der Waals surface area contributed by atoms with Gasteiger partial charge >= 0.3 is 0 Å². The first-order valence-corrected chi connectivity index (χ1v) is 11.7. The zero-order chi connectivity index (χ0) is 24.5. The molecule has 3 aromatic rings. The Balaban J connectivity index is 1.45. The van der Waals surface area contributed by atoms with Crippen molar-refractivity contribution in [3.63, 3.8) is 0 Å². The van der Waals surface area contributed by atoms with E-state index in [9.17, 15) is 9.90 Å². The van der Waals surface area contributed by atoms with Gasteiger partial charge in [0.1, 0.15) is 5.82 Å². The van der Waals surface area contributed by atoms with E-state index < -0.39 is 0 Å². The summed E-state index contributed by atoms with van der Waals surface area (Å²) in [5, 5.41) is 16.1. The molecule has 0 bridgehead atoms. The zero-order valence-corrected chi connectivity index (χ0v) is 19.9. The summed E-state index contributed by atoms with van der Waals surface area (Å²) in [4.78, 5) is 27.8. The summed E-state index contributed by atoms with van der Waals surface area (Å²) in [5.74, 6) is 0.417. The Hall–Kier alpha value is -3.98. The fourth-order valence-electron chi connectivity index (χ4n) is 4.97. The summed E-state index contributed by atoms with van der Waals surface area (Å²) in [5.41, 5.74) is 5.86. The third-order valence-electron chi connectivity index (χ3n) is 6.78. The van der Waals surface area contributed by atoms with Crippen molar-refractivity contribution >= 4 is 24.0 Å². The molecule has 2 atom stereocenters. The highest BCUT2D eigenvalue weighted by Gasteiger charge is 2.27. The molecular formula is C26H29N7O2. The summed E-state index contributed by atoms with van der Waals surface area (Å²) in [6.45, 7) is 9.13. The van der Waals surface area contributed by atoms with Crippen LogP contribution in [0.25, 0.3) is 16.9 Å². The molecule has 0 spiro atoms. The number of rotatable bonds is 6. The van der Waals surface area contributed by atoms with E-state index in [1.807, 2.05) is 34.9 Å². The number of hydrogen-bond donors (Lipinski definition) is 3. The molecule has 1 saturated heterocycles. The second kappa shape index (κ2) is 9.34. The van der Waals surface area contributed by atoms with Crippen LogP contribution in [-0.4, -0.2) is 55.7 Å². The molecule has 0 aliphatic carbocycles. The number of aliphatic imine (C=N–C) groups is 1. The fraction of sp³-hybridized carbons (Fsp3) is 0.308. The van der Waals surface area contributed by atoms with Gasteiger partial charge in [-0.1, -0.05) is 6.07 Å². The summed E-state index contributed by atoms with van der Waals surface area (Å²) in [6, 6.07) is 4.16. The molecular weight excluding hydrogens is 442 g/mol. The van der Waals surface area contributed by atoms with Crippen LogP contribution >= 0.6 is 0 Å². The average Bonchev–Trinajstić information content (AvgIpc) is 3.46. The molecule has 9 nitrogen and oxygen atoms in total. The van der Waals surface area contributed by atoms with Crippen molar-refractivity contribution in [2.24, 2.45) is 4.99 Å². The van der Waals surface area contributed by atoms with Crippen molar-refractivity contribution in [2.45, 2.75) is 45.4 Å². The summed E-state index contributed by atoms with van der Waals surface area (Å²) in [7, 11) is 0. The number of nitrogens with zero attached hydrogens (tertiary/aromatic N) is 5. The topological polar surface area (TPSA) is 107 Å². The number of carbonyl (C=O) groups excluding carboxylic acids is 1. The normalized spacial score (nSPS) is 20.7. The quantitative estimate of drug-likeness (QED) is 0.376. The van der Waals surface area contributed by atoms with Crippen molar-refractivity contribution in [1.82, 2.24) is 24.6 Å². The summed E-state index contributed by atoms with van der Waals surface area (Å²) in [6.07, 6.45) is 12.2. The number of fused-ring (bicyclic) bond motifs is 2. The minimum Gasteiger partial charge on any atom is -0.393 e. The van der Waals surface area contributed by atoms with Crippen LogP contribution in [0.5, 0.6) is 0 Å². The summed E-state index contributed by atoms with van der Waals surface area (Å²) < 4.78 is 1.96. The lowest BCUT2D eigenvalue weighted by atomic mass is 9.99. The number of carbonyl (C=O) groups is 1. The molecule has 180 valence electrons. The number of hydrogen-bond acceptors (Lipinski definition) is 7. The number of likely N-dealkylation sites (tertiary alicyclic amines) is 1. The standard InChI is InChI=1S/C26H29N7O2/c1-16(32-10-8-18(34)12-17(32)2)4-7-23(27-3)31-21-6-5-19(20-13-30-26(35)25(20)21)22-14-29-24-15-28-9-11-33(22)24/h4-7,9,11,14-15,17-18,31,34H,3,8,10,12-13H2,1-2H3,(H,30,35)/b16-4+,23-7+/t17-,18-/m0/s1. The number of nitrogens with one attached hydrogen (secondary N) is 2. The van der Waals surface area contributed by atoms with E-state index in [0.29, 0.717) is 23.6 Å². The maximum absolute atomic E-state index is 12.8. The van der Waals surface area contributed by atoms with E-state index in [1.54, 1.807) is 18.6 Å². The SMILES string of the molecule is C=N/C(=C\C=C(/C)N1CC[C@H](O)C[C@@H]1C)Nc1ccc(-c2cnc3cnccn23)c2c1C(=O)NC2. The predicted octanol–water partition coefficient (Wildman–Crippen LogP) is 3.34. The highest BCUT2D eigenvalue weighted by atomic mass is 16.3. The van der Waals surface area contributed by atoms with Gasteiger partial charge in [0.2, 0.25) is 0 Å². The molecule has 1 fully saturated rings. The lowest BCUT2D eigenvalue weighted by molar-refractivity contribution is 0.0662. The van der Waals surface area contributed by atoms with E-state index in [0.717, 1.165) is 47.6 Å². The molecule has 0 unspecified atom stereocenters. The third-order valence-corrected chi connectivity index (χ3v) is 6.78. The molecule has 2 aliphatic rings. The molecule has 9 heteroatoms. The van der Waals surface area contributed by atoms with E-state index in [-0.39, 0.29) is 18.1 Å². The monoisotopic (exact) mass is 471 g/mol. The average molecular weight is 472 g/mol. The second-order valence-corrected chi connectivity index (χ2v) is 9.01. The Bertz CT molecular complexity index is 1360. The van der Waals surface area contributed by atoms with Gasteiger partial charge in [-0.15, -0.1) is 0 Å². The van der Waals surface area contributed by atoms with Crippen molar-refractivity contribution in [1.29, 1.82) is 0 Å². The molecule has 1 aromatic carbocycles. The van der Waals surface area contributed by atoms with Crippen molar-refractivity contribution < 1.29 is 9.90 Å². The van der Waals surface area contributed by atoms with E-state index in [2.05, 4.69) is 51.1 Å². The highest BCUT2D eigenvalue weighted by Crippen LogP contribution is 2.35. The minimum atomic E-state index is -0.231. The molecule has 0 radical (unpaired) electrons. The van der Waals surface area contributed by atoms with Gasteiger partial charge in [0.15, 0.2) is 5.65 Å². The van der Waals surface area contributed by atoms with Crippen molar-refractivity contribution in [2.75, 3.05) is 11.9 Å². The second-order valence-electron chi connectivity index (χ2n) is 9.01. The van der Waals surface area contributed by atoms with Crippen LogP contribution in [0.2, 0.25) is 0 Å². The zero-order valence-electron chi connectivity index (χ0n) is 19.9. The predicted molar refractivity (Wildman–Crippen MR) is 136 cm³/mol. The molecule has 4 heterocycles. The maximum Gasteiger partial charge on any atom is 0.254 e. The van der Waals surface area contributed by atoms with E-state index in [1.165, 1.54) is 0 Å². The van der Waals surface area contributed by atoms with Crippen molar-refractivity contribution in [3.05, 3.63) is 71.7 Å². The van der Waals surface area contributed by atoms with Gasteiger partial charge in [0, 0.05) is 42.8 Å².